The first-order chi connectivity index (χ1) is 8.41. The van der Waals surface area contributed by atoms with E-state index >= 15 is 0 Å². The molecule has 1 aromatic heterocycles. The maximum Gasteiger partial charge on any atom is 0.199 e. The second-order valence-corrected chi connectivity index (χ2v) is 3.85. The summed E-state index contributed by atoms with van der Waals surface area (Å²) in [6.07, 6.45) is 1.40. The summed E-state index contributed by atoms with van der Waals surface area (Å²) >= 11 is 0. The monoisotopic (exact) mass is 254 g/mol. The average molecular weight is 254 g/mol. The lowest BCUT2D eigenvalue weighted by atomic mass is 10.0. The lowest BCUT2D eigenvalue weighted by Gasteiger charge is -2.02. The van der Waals surface area contributed by atoms with Crippen LogP contribution in [0.15, 0.2) is 18.3 Å². The van der Waals surface area contributed by atoms with Crippen LogP contribution in [0, 0.1) is 24.4 Å². The number of hydrogen-bond acceptors (Lipinski definition) is 2. The molecule has 1 aromatic carbocycles. The summed E-state index contributed by atoms with van der Waals surface area (Å²) in [5.74, 6) is -5.19. The van der Waals surface area contributed by atoms with Gasteiger partial charge in [-0.2, -0.15) is 5.10 Å². The van der Waals surface area contributed by atoms with Crippen molar-refractivity contribution in [2.75, 3.05) is 0 Å². The molecule has 0 saturated carbocycles. The zero-order valence-corrected chi connectivity index (χ0v) is 9.67. The molecular weight excluding hydrogens is 245 g/mol. The highest BCUT2D eigenvalue weighted by Gasteiger charge is 2.22. The number of carbonyl (C=O) groups is 1. The van der Waals surface area contributed by atoms with Gasteiger partial charge in [-0.25, -0.2) is 13.2 Å². The molecule has 0 unspecified atom stereocenters. The predicted octanol–water partition coefficient (Wildman–Crippen LogP) is 2.38. The SMILES string of the molecule is Cc1nn(C)cc1C(=O)c1ccc(F)c(F)c1F. The van der Waals surface area contributed by atoms with Gasteiger partial charge in [-0.1, -0.05) is 0 Å². The van der Waals surface area contributed by atoms with Gasteiger partial charge in [0.2, 0.25) is 0 Å². The molecule has 3 nitrogen and oxygen atoms in total. The van der Waals surface area contributed by atoms with Gasteiger partial charge in [0.25, 0.3) is 0 Å². The molecule has 2 rings (SSSR count). The van der Waals surface area contributed by atoms with Crippen LogP contribution in [0.5, 0.6) is 0 Å². The van der Waals surface area contributed by atoms with Gasteiger partial charge in [-0.05, 0) is 19.1 Å². The zero-order chi connectivity index (χ0) is 13.4. The molecule has 2 aromatic rings. The van der Waals surface area contributed by atoms with Crippen LogP contribution in [-0.2, 0) is 7.05 Å². The second kappa shape index (κ2) is 4.29. The Morgan fingerprint density at radius 1 is 1.17 bits per heavy atom. The average Bonchev–Trinajstić information content (AvgIpc) is 2.65. The summed E-state index contributed by atoms with van der Waals surface area (Å²) in [6.45, 7) is 1.57. The third kappa shape index (κ3) is 1.90. The highest BCUT2D eigenvalue weighted by atomic mass is 19.2. The van der Waals surface area contributed by atoms with Gasteiger partial charge in [-0.15, -0.1) is 0 Å². The van der Waals surface area contributed by atoms with E-state index in [-0.39, 0.29) is 5.56 Å². The Morgan fingerprint density at radius 3 is 2.39 bits per heavy atom. The number of aryl methyl sites for hydroxylation is 2. The van der Waals surface area contributed by atoms with Gasteiger partial charge in [0, 0.05) is 13.2 Å². The van der Waals surface area contributed by atoms with E-state index in [1.165, 1.54) is 10.9 Å². The summed E-state index contributed by atoms with van der Waals surface area (Å²) in [4.78, 5) is 12.0. The molecule has 0 spiro atoms. The van der Waals surface area contributed by atoms with Gasteiger partial charge in [0.15, 0.2) is 23.2 Å². The van der Waals surface area contributed by atoms with E-state index < -0.39 is 28.8 Å². The first kappa shape index (κ1) is 12.3. The number of hydrogen-bond donors (Lipinski definition) is 0. The number of aromatic nitrogens is 2. The Kier molecular flexibility index (Phi) is 2.94. The second-order valence-electron chi connectivity index (χ2n) is 3.85. The largest absolute Gasteiger partial charge is 0.288 e. The normalized spacial score (nSPS) is 10.7. The molecule has 0 bridgehead atoms. The standard InChI is InChI=1S/C12H9F3N2O/c1-6-8(5-17(2)16-6)12(18)7-3-4-9(13)11(15)10(7)14/h3-5H,1-2H3. The predicted molar refractivity (Wildman–Crippen MR) is 57.7 cm³/mol. The van der Waals surface area contributed by atoms with Crippen molar-refractivity contribution in [1.29, 1.82) is 0 Å². The topological polar surface area (TPSA) is 34.9 Å². The molecule has 1 heterocycles. The zero-order valence-electron chi connectivity index (χ0n) is 9.67. The minimum absolute atomic E-state index is 0.155. The van der Waals surface area contributed by atoms with Crippen LogP contribution in [-0.4, -0.2) is 15.6 Å². The number of nitrogens with zero attached hydrogens (tertiary/aromatic N) is 2. The summed E-state index contributed by atoms with van der Waals surface area (Å²) in [7, 11) is 1.60. The molecule has 94 valence electrons. The van der Waals surface area contributed by atoms with Crippen molar-refractivity contribution in [2.45, 2.75) is 6.92 Å². The van der Waals surface area contributed by atoms with E-state index in [1.807, 2.05) is 0 Å². The Morgan fingerprint density at radius 2 is 1.83 bits per heavy atom. The first-order valence-corrected chi connectivity index (χ1v) is 5.10. The fourth-order valence-electron chi connectivity index (χ4n) is 1.67. The van der Waals surface area contributed by atoms with E-state index in [4.69, 9.17) is 0 Å². The van der Waals surface area contributed by atoms with E-state index in [2.05, 4.69) is 5.10 Å². The van der Waals surface area contributed by atoms with Gasteiger partial charge < -0.3 is 0 Å². The molecule has 0 aliphatic carbocycles. The van der Waals surface area contributed by atoms with Crippen LogP contribution in [0.4, 0.5) is 13.2 Å². The first-order valence-electron chi connectivity index (χ1n) is 5.10. The van der Waals surface area contributed by atoms with Crippen LogP contribution in [0.1, 0.15) is 21.6 Å². The molecular formula is C12H9F3N2O. The lowest BCUT2D eigenvalue weighted by molar-refractivity contribution is 0.103. The summed E-state index contributed by atoms with van der Waals surface area (Å²) in [5, 5.41) is 3.93. The molecule has 0 N–H and O–H groups in total. The van der Waals surface area contributed by atoms with Crippen LogP contribution in [0.2, 0.25) is 0 Å². The highest BCUT2D eigenvalue weighted by Crippen LogP contribution is 2.19. The van der Waals surface area contributed by atoms with Crippen LogP contribution in [0.3, 0.4) is 0 Å². The van der Waals surface area contributed by atoms with E-state index in [0.717, 1.165) is 12.1 Å². The molecule has 0 saturated heterocycles. The Hall–Kier alpha value is -2.11. The Labute approximate surface area is 101 Å². The van der Waals surface area contributed by atoms with Gasteiger partial charge in [0.05, 0.1) is 16.8 Å². The molecule has 0 fully saturated rings. The Balaban J connectivity index is 2.53. The maximum atomic E-state index is 13.5. The molecule has 0 aliphatic rings. The third-order valence-corrected chi connectivity index (χ3v) is 2.54. The van der Waals surface area contributed by atoms with Gasteiger partial charge >= 0.3 is 0 Å². The van der Waals surface area contributed by atoms with Crippen molar-refractivity contribution in [3.05, 3.63) is 52.6 Å². The van der Waals surface area contributed by atoms with Crippen LogP contribution in [0.25, 0.3) is 0 Å². The van der Waals surface area contributed by atoms with Crippen molar-refractivity contribution in [1.82, 2.24) is 9.78 Å². The van der Waals surface area contributed by atoms with Crippen LogP contribution < -0.4 is 0 Å². The van der Waals surface area contributed by atoms with Gasteiger partial charge in [-0.3, -0.25) is 9.48 Å². The quantitative estimate of drug-likeness (QED) is 0.609. The van der Waals surface area contributed by atoms with E-state index in [9.17, 15) is 18.0 Å². The molecule has 0 atom stereocenters. The number of carbonyl (C=O) groups excluding carboxylic acids is 1. The fraction of sp³-hybridized carbons (Fsp3) is 0.167. The summed E-state index contributed by atoms with van der Waals surface area (Å²) in [6, 6.07) is 1.64. The van der Waals surface area contributed by atoms with Crippen LogP contribution >= 0.6 is 0 Å². The number of rotatable bonds is 2. The molecule has 0 amide bonds. The lowest BCUT2D eigenvalue weighted by Crippen LogP contribution is -2.07. The number of halogens is 3. The third-order valence-electron chi connectivity index (χ3n) is 2.54. The maximum absolute atomic E-state index is 13.5. The van der Waals surface area contributed by atoms with Crippen molar-refractivity contribution < 1.29 is 18.0 Å². The highest BCUT2D eigenvalue weighted by molar-refractivity contribution is 6.09. The number of ketones is 1. The Bertz CT molecular complexity index is 634. The molecule has 6 heteroatoms. The minimum atomic E-state index is -1.65. The molecule has 0 aliphatic heterocycles. The summed E-state index contributed by atoms with van der Waals surface area (Å²) in [5.41, 5.74) is 0.0408. The van der Waals surface area contributed by atoms with Crippen molar-refractivity contribution in [3.8, 4) is 0 Å². The van der Waals surface area contributed by atoms with Crippen molar-refractivity contribution >= 4 is 5.78 Å². The smallest absolute Gasteiger partial charge is 0.199 e. The van der Waals surface area contributed by atoms with Gasteiger partial charge in [0.1, 0.15) is 0 Å². The summed E-state index contributed by atoms with van der Waals surface area (Å²) < 4.78 is 40.7. The minimum Gasteiger partial charge on any atom is -0.288 e. The molecule has 18 heavy (non-hydrogen) atoms. The number of benzene rings is 1. The van der Waals surface area contributed by atoms with Crippen molar-refractivity contribution in [2.24, 2.45) is 7.05 Å². The fourth-order valence-corrected chi connectivity index (χ4v) is 1.67. The van der Waals surface area contributed by atoms with E-state index in [1.54, 1.807) is 14.0 Å². The van der Waals surface area contributed by atoms with E-state index in [0.29, 0.717) is 5.69 Å². The molecule has 0 radical (unpaired) electrons. The van der Waals surface area contributed by atoms with Crippen molar-refractivity contribution in [3.63, 3.8) is 0 Å².